The summed E-state index contributed by atoms with van der Waals surface area (Å²) in [6.45, 7) is 0.500. The third kappa shape index (κ3) is 1.99. The number of hydrogen-bond donors (Lipinski definition) is 1. The first-order valence-corrected chi connectivity index (χ1v) is 5.65. The molecule has 2 heterocycles. The van der Waals surface area contributed by atoms with Crippen molar-refractivity contribution in [3.63, 3.8) is 0 Å². The van der Waals surface area contributed by atoms with E-state index in [0.717, 1.165) is 23.0 Å². The fourth-order valence-electron chi connectivity index (χ4n) is 1.33. The highest BCUT2D eigenvalue weighted by molar-refractivity contribution is 8.00. The van der Waals surface area contributed by atoms with E-state index in [9.17, 15) is 0 Å². The molecule has 1 aromatic rings. The van der Waals surface area contributed by atoms with Crippen LogP contribution in [0, 0.1) is 0 Å². The van der Waals surface area contributed by atoms with E-state index >= 15 is 0 Å². The number of hydrogen-bond acceptors (Lipinski definition) is 5. The smallest absolute Gasteiger partial charge is 0.135 e. The Bertz CT molecular complexity index is 328. The average molecular weight is 211 g/mol. The van der Waals surface area contributed by atoms with Gasteiger partial charge in [0.25, 0.3) is 0 Å². The van der Waals surface area contributed by atoms with Gasteiger partial charge in [0.15, 0.2) is 0 Å². The molecule has 2 N–H and O–H groups in total. The minimum Gasteiger partial charge on any atom is -0.384 e. The van der Waals surface area contributed by atoms with Gasteiger partial charge in [-0.2, -0.15) is 11.8 Å². The molecule has 2 rings (SSSR count). The Hall–Kier alpha value is -0.810. The summed E-state index contributed by atoms with van der Waals surface area (Å²) in [6.07, 6.45) is 0. The van der Waals surface area contributed by atoms with Crippen LogP contribution in [-0.4, -0.2) is 28.6 Å². The van der Waals surface area contributed by atoms with Crippen molar-refractivity contribution in [3.8, 4) is 0 Å². The molecule has 76 valence electrons. The van der Waals surface area contributed by atoms with Gasteiger partial charge in [-0.3, -0.25) is 0 Å². The number of nitrogens with zero attached hydrogens (tertiary/aromatic N) is 2. The molecule has 0 unspecified atom stereocenters. The second-order valence-electron chi connectivity index (χ2n) is 3.31. The van der Waals surface area contributed by atoms with Gasteiger partial charge in [0.05, 0.1) is 12.3 Å². The van der Waals surface area contributed by atoms with Crippen molar-refractivity contribution in [1.29, 1.82) is 0 Å². The second-order valence-corrected chi connectivity index (χ2v) is 4.38. The quantitative estimate of drug-likeness (QED) is 0.809. The summed E-state index contributed by atoms with van der Waals surface area (Å²) in [4.78, 5) is 8.65. The van der Waals surface area contributed by atoms with Gasteiger partial charge < -0.3 is 10.5 Å². The molecule has 0 radical (unpaired) electrons. The van der Waals surface area contributed by atoms with Crippen LogP contribution in [0.15, 0.2) is 6.07 Å². The number of aromatic nitrogens is 2. The fourth-order valence-corrected chi connectivity index (χ4v) is 2.10. The van der Waals surface area contributed by atoms with Crippen LogP contribution in [0.25, 0.3) is 0 Å². The monoisotopic (exact) mass is 211 g/mol. The SMILES string of the molecule is COCc1cc(N)nc(C2CSC2)n1. The highest BCUT2D eigenvalue weighted by Gasteiger charge is 2.23. The van der Waals surface area contributed by atoms with Crippen LogP contribution >= 0.6 is 11.8 Å². The van der Waals surface area contributed by atoms with Crippen LogP contribution in [0.3, 0.4) is 0 Å². The highest BCUT2D eigenvalue weighted by atomic mass is 32.2. The number of methoxy groups -OCH3 is 1. The van der Waals surface area contributed by atoms with Gasteiger partial charge in [-0.15, -0.1) is 0 Å². The predicted octanol–water partition coefficient (Wildman–Crippen LogP) is 1.04. The molecule has 4 nitrogen and oxygen atoms in total. The highest BCUT2D eigenvalue weighted by Crippen LogP contribution is 2.32. The Kier molecular flexibility index (Phi) is 2.88. The van der Waals surface area contributed by atoms with E-state index in [1.54, 1.807) is 13.2 Å². The molecule has 1 aliphatic rings. The fraction of sp³-hybridized carbons (Fsp3) is 0.556. The van der Waals surface area contributed by atoms with Gasteiger partial charge in [0.1, 0.15) is 11.6 Å². The van der Waals surface area contributed by atoms with Crippen molar-refractivity contribution in [3.05, 3.63) is 17.6 Å². The Balaban J connectivity index is 2.21. The molecule has 0 bridgehead atoms. The van der Waals surface area contributed by atoms with E-state index in [1.807, 2.05) is 11.8 Å². The summed E-state index contributed by atoms with van der Waals surface area (Å²) in [6, 6.07) is 1.76. The molecule has 0 spiro atoms. The van der Waals surface area contributed by atoms with Crippen LogP contribution in [0.1, 0.15) is 17.4 Å². The Labute approximate surface area is 87.3 Å². The molecule has 0 aromatic carbocycles. The van der Waals surface area contributed by atoms with Crippen LogP contribution < -0.4 is 5.73 Å². The standard InChI is InChI=1S/C9H13N3OS/c1-13-3-7-2-8(10)12-9(11-7)6-4-14-5-6/h2,6H,3-5H2,1H3,(H2,10,11,12). The molecule has 0 amide bonds. The number of nitrogens with two attached hydrogens (primary N) is 1. The molecule has 1 aliphatic heterocycles. The van der Waals surface area contributed by atoms with Gasteiger partial charge in [0, 0.05) is 30.6 Å². The van der Waals surface area contributed by atoms with E-state index < -0.39 is 0 Å². The van der Waals surface area contributed by atoms with Crippen LogP contribution in [0.5, 0.6) is 0 Å². The average Bonchev–Trinajstić information content (AvgIpc) is 1.99. The Morgan fingerprint density at radius 1 is 1.57 bits per heavy atom. The lowest BCUT2D eigenvalue weighted by atomic mass is 10.2. The first-order chi connectivity index (χ1) is 6.79. The van der Waals surface area contributed by atoms with Gasteiger partial charge in [-0.1, -0.05) is 0 Å². The largest absolute Gasteiger partial charge is 0.384 e. The maximum atomic E-state index is 5.69. The molecular formula is C9H13N3OS. The maximum absolute atomic E-state index is 5.69. The molecule has 1 saturated heterocycles. The van der Waals surface area contributed by atoms with Crippen molar-refractivity contribution < 1.29 is 4.74 Å². The summed E-state index contributed by atoms with van der Waals surface area (Å²) < 4.78 is 5.02. The van der Waals surface area contributed by atoms with Crippen LogP contribution in [0.4, 0.5) is 5.82 Å². The number of thioether (sulfide) groups is 1. The minimum atomic E-state index is 0.485. The first kappa shape index (κ1) is 9.73. The summed E-state index contributed by atoms with van der Waals surface area (Å²) >= 11 is 1.91. The van der Waals surface area contributed by atoms with Crippen molar-refractivity contribution >= 4 is 17.6 Å². The van der Waals surface area contributed by atoms with E-state index in [0.29, 0.717) is 18.3 Å². The van der Waals surface area contributed by atoms with Gasteiger partial charge in [-0.05, 0) is 0 Å². The molecule has 0 atom stereocenters. The van der Waals surface area contributed by atoms with E-state index in [-0.39, 0.29) is 0 Å². The summed E-state index contributed by atoms with van der Waals surface area (Å²) in [5.41, 5.74) is 6.56. The Morgan fingerprint density at radius 2 is 2.36 bits per heavy atom. The summed E-state index contributed by atoms with van der Waals surface area (Å²) in [5.74, 6) is 4.11. The topological polar surface area (TPSA) is 61.0 Å². The zero-order chi connectivity index (χ0) is 9.97. The molecular weight excluding hydrogens is 198 g/mol. The second kappa shape index (κ2) is 4.14. The number of rotatable bonds is 3. The van der Waals surface area contributed by atoms with Gasteiger partial charge in [0.2, 0.25) is 0 Å². The van der Waals surface area contributed by atoms with Crippen LogP contribution in [-0.2, 0) is 11.3 Å². The van der Waals surface area contributed by atoms with E-state index in [1.165, 1.54) is 0 Å². The predicted molar refractivity (Wildman–Crippen MR) is 57.2 cm³/mol. The zero-order valence-electron chi connectivity index (χ0n) is 8.06. The minimum absolute atomic E-state index is 0.485. The molecule has 1 aromatic heterocycles. The third-order valence-corrected chi connectivity index (χ3v) is 3.39. The molecule has 5 heteroatoms. The van der Waals surface area contributed by atoms with E-state index in [4.69, 9.17) is 10.5 Å². The first-order valence-electron chi connectivity index (χ1n) is 4.49. The third-order valence-electron chi connectivity index (χ3n) is 2.11. The number of nitrogen functional groups attached to an aromatic ring is 1. The Morgan fingerprint density at radius 3 is 2.93 bits per heavy atom. The molecule has 1 fully saturated rings. The maximum Gasteiger partial charge on any atom is 0.135 e. The van der Waals surface area contributed by atoms with Crippen molar-refractivity contribution in [2.75, 3.05) is 24.3 Å². The van der Waals surface area contributed by atoms with Crippen molar-refractivity contribution in [2.45, 2.75) is 12.5 Å². The number of ether oxygens (including phenoxy) is 1. The number of anilines is 1. The summed E-state index contributed by atoms with van der Waals surface area (Å²) in [5, 5.41) is 0. The van der Waals surface area contributed by atoms with Gasteiger partial charge >= 0.3 is 0 Å². The van der Waals surface area contributed by atoms with Crippen molar-refractivity contribution in [1.82, 2.24) is 9.97 Å². The normalized spacial score (nSPS) is 16.6. The van der Waals surface area contributed by atoms with Crippen molar-refractivity contribution in [2.24, 2.45) is 0 Å². The molecule has 14 heavy (non-hydrogen) atoms. The van der Waals surface area contributed by atoms with Crippen LogP contribution in [0.2, 0.25) is 0 Å². The lowest BCUT2D eigenvalue weighted by molar-refractivity contribution is 0.181. The lowest BCUT2D eigenvalue weighted by Crippen LogP contribution is -2.19. The molecule has 0 aliphatic carbocycles. The van der Waals surface area contributed by atoms with E-state index in [2.05, 4.69) is 9.97 Å². The molecule has 0 saturated carbocycles. The zero-order valence-corrected chi connectivity index (χ0v) is 8.88. The lowest BCUT2D eigenvalue weighted by Gasteiger charge is -2.23. The summed E-state index contributed by atoms with van der Waals surface area (Å²) in [7, 11) is 1.65. The van der Waals surface area contributed by atoms with Gasteiger partial charge in [-0.25, -0.2) is 9.97 Å².